The molecule has 0 saturated heterocycles. The summed E-state index contributed by atoms with van der Waals surface area (Å²) in [6.45, 7) is 0.703. The van der Waals surface area contributed by atoms with Crippen LogP contribution in [0.1, 0.15) is 0 Å². The van der Waals surface area contributed by atoms with Crippen LogP contribution in [0.3, 0.4) is 0 Å². The van der Waals surface area contributed by atoms with Crippen molar-refractivity contribution in [3.8, 4) is 23.0 Å². The molecule has 0 spiro atoms. The zero-order chi connectivity index (χ0) is 17.2. The van der Waals surface area contributed by atoms with Crippen LogP contribution < -0.4 is 24.3 Å². The van der Waals surface area contributed by atoms with Crippen LogP contribution in [0, 0.1) is 0 Å². The molecule has 6 heteroatoms. The lowest BCUT2D eigenvalue weighted by Crippen LogP contribution is -2.32. The quantitative estimate of drug-likeness (QED) is 0.714. The van der Waals surface area contributed by atoms with E-state index >= 15 is 0 Å². The Morgan fingerprint density at radius 2 is 1.54 bits per heavy atom. The van der Waals surface area contributed by atoms with Gasteiger partial charge in [-0.05, 0) is 36.4 Å². The molecular weight excluding hydrogens is 310 g/mol. The van der Waals surface area contributed by atoms with Crippen molar-refractivity contribution in [1.82, 2.24) is 5.32 Å². The van der Waals surface area contributed by atoms with Gasteiger partial charge in [-0.25, -0.2) is 0 Å². The Balaban J connectivity index is 1.63. The number of methoxy groups -OCH3 is 2. The zero-order valence-corrected chi connectivity index (χ0v) is 13.8. The first-order chi connectivity index (χ1) is 11.7. The van der Waals surface area contributed by atoms with E-state index in [2.05, 4.69) is 5.32 Å². The molecule has 0 atom stereocenters. The number of nitrogens with one attached hydrogen (secondary N) is 1. The van der Waals surface area contributed by atoms with Crippen LogP contribution in [-0.4, -0.2) is 39.9 Å². The standard InChI is InChI=1S/C18H21NO5/c1-21-14-6-8-15(9-7-14)24-13-18(20)19-10-11-23-17-5-3-4-16(12-17)22-2/h3-9,12H,10-11,13H2,1-2H3,(H,19,20). The number of hydrogen-bond acceptors (Lipinski definition) is 5. The SMILES string of the molecule is COc1ccc(OCC(=O)NCCOc2cccc(OC)c2)cc1. The summed E-state index contributed by atoms with van der Waals surface area (Å²) in [7, 11) is 3.19. The molecule has 0 aliphatic carbocycles. The van der Waals surface area contributed by atoms with E-state index in [4.69, 9.17) is 18.9 Å². The maximum Gasteiger partial charge on any atom is 0.258 e. The number of carbonyl (C=O) groups is 1. The average molecular weight is 331 g/mol. The third-order valence-corrected chi connectivity index (χ3v) is 3.16. The van der Waals surface area contributed by atoms with Crippen molar-refractivity contribution in [2.24, 2.45) is 0 Å². The van der Waals surface area contributed by atoms with Gasteiger partial charge in [0.1, 0.15) is 29.6 Å². The molecule has 0 bridgehead atoms. The van der Waals surface area contributed by atoms with Gasteiger partial charge in [-0.15, -0.1) is 0 Å². The smallest absolute Gasteiger partial charge is 0.258 e. The predicted molar refractivity (Wildman–Crippen MR) is 90.0 cm³/mol. The molecule has 2 aromatic carbocycles. The third-order valence-electron chi connectivity index (χ3n) is 3.16. The summed E-state index contributed by atoms with van der Waals surface area (Å²) < 4.78 is 21.1. The highest BCUT2D eigenvalue weighted by Gasteiger charge is 2.03. The minimum absolute atomic E-state index is 0.0501. The first kappa shape index (κ1) is 17.5. The number of ether oxygens (including phenoxy) is 4. The van der Waals surface area contributed by atoms with Gasteiger partial charge in [0.2, 0.25) is 0 Å². The van der Waals surface area contributed by atoms with Crippen LogP contribution in [-0.2, 0) is 4.79 Å². The summed E-state index contributed by atoms with van der Waals surface area (Å²) in [5, 5.41) is 2.73. The summed E-state index contributed by atoms with van der Waals surface area (Å²) in [6.07, 6.45) is 0. The fourth-order valence-corrected chi connectivity index (χ4v) is 1.92. The molecule has 0 aliphatic heterocycles. The van der Waals surface area contributed by atoms with E-state index < -0.39 is 0 Å². The van der Waals surface area contributed by atoms with Gasteiger partial charge >= 0.3 is 0 Å². The van der Waals surface area contributed by atoms with Crippen LogP contribution >= 0.6 is 0 Å². The first-order valence-electron chi connectivity index (χ1n) is 7.51. The normalized spacial score (nSPS) is 9.92. The van der Waals surface area contributed by atoms with E-state index in [0.717, 1.165) is 11.5 Å². The van der Waals surface area contributed by atoms with Crippen LogP contribution in [0.4, 0.5) is 0 Å². The van der Waals surface area contributed by atoms with E-state index in [1.165, 1.54) is 0 Å². The average Bonchev–Trinajstić information content (AvgIpc) is 2.64. The van der Waals surface area contributed by atoms with Gasteiger partial charge in [0, 0.05) is 6.07 Å². The van der Waals surface area contributed by atoms with Gasteiger partial charge in [-0.3, -0.25) is 4.79 Å². The highest BCUT2D eigenvalue weighted by atomic mass is 16.5. The van der Waals surface area contributed by atoms with Crippen molar-refractivity contribution in [2.75, 3.05) is 34.0 Å². The van der Waals surface area contributed by atoms with E-state index in [1.54, 1.807) is 44.6 Å². The topological polar surface area (TPSA) is 66.0 Å². The Morgan fingerprint density at radius 3 is 2.25 bits per heavy atom. The second-order valence-electron chi connectivity index (χ2n) is 4.84. The molecule has 0 heterocycles. The highest BCUT2D eigenvalue weighted by molar-refractivity contribution is 5.77. The van der Waals surface area contributed by atoms with Crippen LogP contribution in [0.15, 0.2) is 48.5 Å². The Labute approximate surface area is 141 Å². The van der Waals surface area contributed by atoms with Crippen LogP contribution in [0.25, 0.3) is 0 Å². The molecule has 0 aliphatic rings. The number of rotatable bonds is 9. The number of hydrogen-bond donors (Lipinski definition) is 1. The summed E-state index contributed by atoms with van der Waals surface area (Å²) in [6, 6.07) is 14.3. The maximum absolute atomic E-state index is 11.7. The molecule has 0 radical (unpaired) electrons. The molecule has 128 valence electrons. The van der Waals surface area contributed by atoms with Crippen LogP contribution in [0.5, 0.6) is 23.0 Å². The number of amides is 1. The molecule has 1 amide bonds. The molecular formula is C18H21NO5. The van der Waals surface area contributed by atoms with Crippen molar-refractivity contribution in [2.45, 2.75) is 0 Å². The van der Waals surface area contributed by atoms with Gasteiger partial charge in [0.05, 0.1) is 20.8 Å². The van der Waals surface area contributed by atoms with Gasteiger partial charge < -0.3 is 24.3 Å². The molecule has 6 nitrogen and oxygen atoms in total. The molecule has 1 N–H and O–H groups in total. The van der Waals surface area contributed by atoms with Gasteiger partial charge in [0.15, 0.2) is 6.61 Å². The summed E-state index contributed by atoms with van der Waals surface area (Å²) in [5.41, 5.74) is 0. The van der Waals surface area contributed by atoms with Gasteiger partial charge in [-0.1, -0.05) is 6.07 Å². The van der Waals surface area contributed by atoms with Crippen molar-refractivity contribution in [3.63, 3.8) is 0 Å². The number of carbonyl (C=O) groups excluding carboxylic acids is 1. The lowest BCUT2D eigenvalue weighted by molar-refractivity contribution is -0.123. The number of benzene rings is 2. The minimum atomic E-state index is -0.208. The lowest BCUT2D eigenvalue weighted by Gasteiger charge is -2.10. The summed E-state index contributed by atoms with van der Waals surface area (Å²) in [4.78, 5) is 11.7. The molecule has 24 heavy (non-hydrogen) atoms. The minimum Gasteiger partial charge on any atom is -0.497 e. The molecule has 2 aromatic rings. The van der Waals surface area contributed by atoms with Crippen molar-refractivity contribution < 1.29 is 23.7 Å². The molecule has 0 saturated carbocycles. The fraction of sp³-hybridized carbons (Fsp3) is 0.278. The van der Waals surface area contributed by atoms with Crippen molar-refractivity contribution >= 4 is 5.91 Å². The second kappa shape index (κ2) is 9.29. The molecule has 0 fully saturated rings. The third kappa shape index (κ3) is 5.72. The summed E-state index contributed by atoms with van der Waals surface area (Å²) >= 11 is 0. The van der Waals surface area contributed by atoms with Crippen LogP contribution in [0.2, 0.25) is 0 Å². The monoisotopic (exact) mass is 331 g/mol. The van der Waals surface area contributed by atoms with Gasteiger partial charge in [0.25, 0.3) is 5.91 Å². The Bertz CT molecular complexity index is 642. The zero-order valence-electron chi connectivity index (χ0n) is 13.8. The second-order valence-corrected chi connectivity index (χ2v) is 4.84. The van der Waals surface area contributed by atoms with E-state index in [9.17, 15) is 4.79 Å². The lowest BCUT2D eigenvalue weighted by atomic mass is 10.3. The van der Waals surface area contributed by atoms with Crippen molar-refractivity contribution in [1.29, 1.82) is 0 Å². The Morgan fingerprint density at radius 1 is 0.875 bits per heavy atom. The molecule has 0 aromatic heterocycles. The Kier molecular flexibility index (Phi) is 6.76. The Hall–Kier alpha value is -2.89. The van der Waals surface area contributed by atoms with E-state index in [0.29, 0.717) is 24.7 Å². The van der Waals surface area contributed by atoms with Crippen molar-refractivity contribution in [3.05, 3.63) is 48.5 Å². The predicted octanol–water partition coefficient (Wildman–Crippen LogP) is 2.28. The maximum atomic E-state index is 11.7. The van der Waals surface area contributed by atoms with E-state index in [-0.39, 0.29) is 12.5 Å². The molecule has 2 rings (SSSR count). The molecule has 0 unspecified atom stereocenters. The first-order valence-corrected chi connectivity index (χ1v) is 7.51. The summed E-state index contributed by atoms with van der Waals surface area (Å²) in [5.74, 6) is 2.56. The fourth-order valence-electron chi connectivity index (χ4n) is 1.92. The van der Waals surface area contributed by atoms with E-state index in [1.807, 2.05) is 18.2 Å². The highest BCUT2D eigenvalue weighted by Crippen LogP contribution is 2.18. The largest absolute Gasteiger partial charge is 0.497 e. The van der Waals surface area contributed by atoms with Gasteiger partial charge in [-0.2, -0.15) is 0 Å².